The summed E-state index contributed by atoms with van der Waals surface area (Å²) in [6.45, 7) is 8.63. The molecule has 3 heteroatoms. The molecule has 3 nitrogen and oxygen atoms in total. The summed E-state index contributed by atoms with van der Waals surface area (Å²) >= 11 is 0. The molecule has 1 aromatic carbocycles. The second kappa shape index (κ2) is 5.32. The van der Waals surface area contributed by atoms with E-state index in [1.807, 2.05) is 31.2 Å². The zero-order valence-electron chi connectivity index (χ0n) is 11.1. The van der Waals surface area contributed by atoms with Crippen molar-refractivity contribution in [1.82, 2.24) is 5.32 Å². The highest BCUT2D eigenvalue weighted by Crippen LogP contribution is 2.18. The van der Waals surface area contributed by atoms with Crippen molar-refractivity contribution in [1.29, 1.82) is 0 Å². The Balaban J connectivity index is 2.78. The van der Waals surface area contributed by atoms with Gasteiger partial charge in [-0.1, -0.05) is 38.5 Å². The van der Waals surface area contributed by atoms with E-state index in [1.54, 1.807) is 0 Å². The molecule has 17 heavy (non-hydrogen) atoms. The summed E-state index contributed by atoms with van der Waals surface area (Å²) in [6, 6.07) is 7.54. The minimum Gasteiger partial charge on any atom is -0.348 e. The summed E-state index contributed by atoms with van der Waals surface area (Å²) in [5.74, 6) is -0.0564. The number of hydrogen-bond donors (Lipinski definition) is 2. The van der Waals surface area contributed by atoms with Gasteiger partial charge in [0.2, 0.25) is 0 Å². The molecule has 0 fully saturated rings. The van der Waals surface area contributed by atoms with Gasteiger partial charge in [-0.2, -0.15) is 0 Å². The van der Waals surface area contributed by atoms with Gasteiger partial charge in [-0.25, -0.2) is 0 Å². The topological polar surface area (TPSA) is 55.1 Å². The van der Waals surface area contributed by atoms with E-state index in [0.29, 0.717) is 12.1 Å². The summed E-state index contributed by atoms with van der Waals surface area (Å²) < 4.78 is 0. The van der Waals surface area contributed by atoms with Gasteiger partial charge in [0.1, 0.15) is 0 Å². The van der Waals surface area contributed by atoms with Gasteiger partial charge in [-0.3, -0.25) is 4.79 Å². The zero-order chi connectivity index (χ0) is 13.1. The largest absolute Gasteiger partial charge is 0.348 e. The summed E-state index contributed by atoms with van der Waals surface area (Å²) in [6.07, 6.45) is 0. The summed E-state index contributed by atoms with van der Waals surface area (Å²) in [5.41, 5.74) is 7.44. The molecule has 0 radical (unpaired) electrons. The number of rotatable bonds is 3. The molecule has 3 N–H and O–H groups in total. The first-order valence-corrected chi connectivity index (χ1v) is 5.92. The van der Waals surface area contributed by atoms with Crippen molar-refractivity contribution in [2.24, 2.45) is 11.1 Å². The molecular weight excluding hydrogens is 212 g/mol. The van der Waals surface area contributed by atoms with Crippen LogP contribution in [0.5, 0.6) is 0 Å². The van der Waals surface area contributed by atoms with Crippen molar-refractivity contribution >= 4 is 5.91 Å². The molecule has 1 amide bonds. The normalized spacial score (nSPS) is 13.2. The Morgan fingerprint density at radius 1 is 1.41 bits per heavy atom. The van der Waals surface area contributed by atoms with Crippen LogP contribution in [-0.2, 0) is 0 Å². The van der Waals surface area contributed by atoms with E-state index in [9.17, 15) is 4.79 Å². The predicted octanol–water partition coefficient (Wildman–Crippen LogP) is 2.10. The number of carbonyl (C=O) groups excluding carboxylic acids is 1. The Labute approximate surface area is 103 Å². The fourth-order valence-corrected chi connectivity index (χ4v) is 1.66. The summed E-state index contributed by atoms with van der Waals surface area (Å²) in [7, 11) is 0. The van der Waals surface area contributed by atoms with Crippen LogP contribution in [0.4, 0.5) is 0 Å². The molecule has 1 unspecified atom stereocenters. The number of nitrogens with two attached hydrogens (primary N) is 1. The molecule has 1 atom stereocenters. The third-order valence-electron chi connectivity index (χ3n) is 2.87. The maximum atomic E-state index is 12.0. The number of carbonyl (C=O) groups is 1. The average molecular weight is 234 g/mol. The predicted molar refractivity (Wildman–Crippen MR) is 70.9 cm³/mol. The van der Waals surface area contributed by atoms with Crippen LogP contribution in [0.3, 0.4) is 0 Å². The lowest BCUT2D eigenvalue weighted by atomic mass is 9.86. The first-order chi connectivity index (χ1) is 7.84. The van der Waals surface area contributed by atoms with Crippen LogP contribution >= 0.6 is 0 Å². The Kier molecular flexibility index (Phi) is 4.29. The Morgan fingerprint density at radius 2 is 2.06 bits per heavy atom. The fourth-order valence-electron chi connectivity index (χ4n) is 1.66. The third kappa shape index (κ3) is 3.86. The van der Waals surface area contributed by atoms with E-state index < -0.39 is 0 Å². The van der Waals surface area contributed by atoms with Gasteiger partial charge < -0.3 is 11.1 Å². The van der Waals surface area contributed by atoms with Crippen LogP contribution in [-0.4, -0.2) is 18.5 Å². The molecule has 0 spiro atoms. The second-order valence-electron chi connectivity index (χ2n) is 5.50. The van der Waals surface area contributed by atoms with E-state index in [2.05, 4.69) is 26.1 Å². The van der Waals surface area contributed by atoms with E-state index in [-0.39, 0.29) is 17.4 Å². The minimum atomic E-state index is -0.0564. The van der Waals surface area contributed by atoms with Crippen molar-refractivity contribution in [2.45, 2.75) is 33.7 Å². The van der Waals surface area contributed by atoms with E-state index >= 15 is 0 Å². The van der Waals surface area contributed by atoms with Crippen molar-refractivity contribution < 1.29 is 4.79 Å². The number of benzene rings is 1. The fraction of sp³-hybridized carbons (Fsp3) is 0.500. The molecule has 0 aliphatic carbocycles. The number of amides is 1. The molecule has 0 heterocycles. The average Bonchev–Trinajstić information content (AvgIpc) is 2.23. The highest BCUT2D eigenvalue weighted by molar-refractivity contribution is 5.94. The molecule has 0 saturated heterocycles. The van der Waals surface area contributed by atoms with Crippen LogP contribution in [0.25, 0.3) is 0 Å². The summed E-state index contributed by atoms with van der Waals surface area (Å²) in [4.78, 5) is 12.0. The molecule has 94 valence electrons. The Morgan fingerprint density at radius 3 is 2.53 bits per heavy atom. The lowest BCUT2D eigenvalue weighted by Crippen LogP contribution is -2.48. The molecule has 0 aliphatic heterocycles. The Hall–Kier alpha value is -1.35. The van der Waals surface area contributed by atoms with Gasteiger partial charge in [0.15, 0.2) is 0 Å². The van der Waals surface area contributed by atoms with Crippen molar-refractivity contribution in [2.75, 3.05) is 6.54 Å². The van der Waals surface area contributed by atoms with Gasteiger partial charge in [0, 0.05) is 18.2 Å². The molecular formula is C14H22N2O. The number of aryl methyl sites for hydroxylation is 1. The standard InChI is InChI=1S/C14H22N2O/c1-10-6-5-7-11(8-10)13(17)16-12(9-15)14(2,3)4/h5-8,12H,9,15H2,1-4H3,(H,16,17). The molecule has 1 aromatic rings. The van der Waals surface area contributed by atoms with Gasteiger partial charge in [-0.15, -0.1) is 0 Å². The lowest BCUT2D eigenvalue weighted by Gasteiger charge is -2.30. The van der Waals surface area contributed by atoms with Crippen LogP contribution in [0.1, 0.15) is 36.7 Å². The zero-order valence-corrected chi connectivity index (χ0v) is 11.1. The SMILES string of the molecule is Cc1cccc(C(=O)NC(CN)C(C)(C)C)c1. The van der Waals surface area contributed by atoms with Crippen LogP contribution in [0.2, 0.25) is 0 Å². The Bertz CT molecular complexity index is 393. The maximum absolute atomic E-state index is 12.0. The van der Waals surface area contributed by atoms with E-state index in [0.717, 1.165) is 5.56 Å². The van der Waals surface area contributed by atoms with Gasteiger partial charge in [-0.05, 0) is 24.5 Å². The van der Waals surface area contributed by atoms with Gasteiger partial charge in [0.25, 0.3) is 5.91 Å². The van der Waals surface area contributed by atoms with Gasteiger partial charge >= 0.3 is 0 Å². The highest BCUT2D eigenvalue weighted by atomic mass is 16.1. The van der Waals surface area contributed by atoms with Crippen LogP contribution in [0, 0.1) is 12.3 Å². The van der Waals surface area contributed by atoms with Crippen LogP contribution in [0.15, 0.2) is 24.3 Å². The smallest absolute Gasteiger partial charge is 0.251 e. The van der Waals surface area contributed by atoms with Crippen LogP contribution < -0.4 is 11.1 Å². The van der Waals surface area contributed by atoms with Crippen molar-refractivity contribution in [3.05, 3.63) is 35.4 Å². The first kappa shape index (κ1) is 13.7. The molecule has 0 saturated carbocycles. The molecule has 1 rings (SSSR count). The van der Waals surface area contributed by atoms with Crippen molar-refractivity contribution in [3.63, 3.8) is 0 Å². The minimum absolute atomic E-state index is 0.0180. The van der Waals surface area contributed by atoms with E-state index in [1.165, 1.54) is 0 Å². The maximum Gasteiger partial charge on any atom is 0.251 e. The van der Waals surface area contributed by atoms with Gasteiger partial charge in [0.05, 0.1) is 0 Å². The monoisotopic (exact) mass is 234 g/mol. The first-order valence-electron chi connectivity index (χ1n) is 5.92. The lowest BCUT2D eigenvalue weighted by molar-refractivity contribution is 0.0905. The number of hydrogen-bond acceptors (Lipinski definition) is 2. The quantitative estimate of drug-likeness (QED) is 0.841. The molecule has 0 bridgehead atoms. The highest BCUT2D eigenvalue weighted by Gasteiger charge is 2.25. The summed E-state index contributed by atoms with van der Waals surface area (Å²) in [5, 5.41) is 2.99. The second-order valence-corrected chi connectivity index (χ2v) is 5.50. The van der Waals surface area contributed by atoms with Crippen molar-refractivity contribution in [3.8, 4) is 0 Å². The van der Waals surface area contributed by atoms with E-state index in [4.69, 9.17) is 5.73 Å². The number of nitrogens with one attached hydrogen (secondary N) is 1. The molecule has 0 aliphatic rings. The third-order valence-corrected chi connectivity index (χ3v) is 2.87. The molecule has 0 aromatic heterocycles.